The van der Waals surface area contributed by atoms with Gasteiger partial charge in [0.1, 0.15) is 17.5 Å². The lowest BCUT2D eigenvalue weighted by atomic mass is 10.1. The minimum absolute atomic E-state index is 0.110. The molecular weight excluding hydrogens is 276 g/mol. The van der Waals surface area contributed by atoms with Crippen molar-refractivity contribution in [1.82, 2.24) is 9.78 Å². The Kier molecular flexibility index (Phi) is 2.96. The lowest BCUT2D eigenvalue weighted by molar-refractivity contribution is 0.0870. The molecule has 1 aliphatic rings. The van der Waals surface area contributed by atoms with E-state index in [-0.39, 0.29) is 29.1 Å². The summed E-state index contributed by atoms with van der Waals surface area (Å²) in [5.74, 6) is -0.0120. The Morgan fingerprint density at radius 3 is 2.75 bits per heavy atom. The van der Waals surface area contributed by atoms with E-state index in [1.807, 2.05) is 30.3 Å². The van der Waals surface area contributed by atoms with E-state index in [2.05, 4.69) is 5.10 Å². The number of benzene rings is 1. The maximum atomic E-state index is 12.3. The van der Waals surface area contributed by atoms with E-state index in [4.69, 9.17) is 22.6 Å². The van der Waals surface area contributed by atoms with E-state index in [1.54, 1.807) is 0 Å². The quantitative estimate of drug-likeness (QED) is 0.919. The maximum absolute atomic E-state index is 12.3. The van der Waals surface area contributed by atoms with Gasteiger partial charge in [-0.2, -0.15) is 15.0 Å². The van der Waals surface area contributed by atoms with Crippen molar-refractivity contribution in [3.8, 4) is 6.07 Å². The zero-order valence-corrected chi connectivity index (χ0v) is 11.2. The second-order valence-electron chi connectivity index (χ2n) is 4.81. The Labute approximate surface area is 120 Å². The molecule has 1 aromatic heterocycles. The van der Waals surface area contributed by atoms with E-state index in [0.29, 0.717) is 5.02 Å². The van der Waals surface area contributed by atoms with Crippen LogP contribution in [0, 0.1) is 17.2 Å². The second kappa shape index (κ2) is 4.66. The Hall–Kier alpha value is -2.32. The first-order valence-corrected chi connectivity index (χ1v) is 6.53. The SMILES string of the molecule is N#Cc1cnn(C(=O)[C@H]2C[C@H]2c2ccc(Cl)cc2)c1N. The molecule has 1 aliphatic carbocycles. The molecule has 2 N–H and O–H groups in total. The van der Waals surface area contributed by atoms with Crippen molar-refractivity contribution in [2.24, 2.45) is 5.92 Å². The summed E-state index contributed by atoms with van der Waals surface area (Å²) < 4.78 is 1.12. The molecule has 1 saturated carbocycles. The summed E-state index contributed by atoms with van der Waals surface area (Å²) in [5.41, 5.74) is 7.03. The van der Waals surface area contributed by atoms with Gasteiger partial charge in [0.2, 0.25) is 0 Å². The Morgan fingerprint density at radius 2 is 2.15 bits per heavy atom. The Balaban J connectivity index is 1.79. The minimum atomic E-state index is -0.163. The lowest BCUT2D eigenvalue weighted by Crippen LogP contribution is -2.17. The van der Waals surface area contributed by atoms with Gasteiger partial charge in [-0.15, -0.1) is 0 Å². The van der Waals surface area contributed by atoms with Crippen molar-refractivity contribution >= 4 is 23.3 Å². The third kappa shape index (κ3) is 2.04. The summed E-state index contributed by atoms with van der Waals surface area (Å²) >= 11 is 5.84. The second-order valence-corrected chi connectivity index (χ2v) is 5.24. The fourth-order valence-corrected chi connectivity index (χ4v) is 2.45. The summed E-state index contributed by atoms with van der Waals surface area (Å²) in [6.45, 7) is 0. The number of rotatable bonds is 2. The van der Waals surface area contributed by atoms with Crippen LogP contribution in [0.4, 0.5) is 5.82 Å². The molecule has 1 heterocycles. The smallest absolute Gasteiger partial charge is 0.252 e. The molecule has 0 radical (unpaired) electrons. The summed E-state index contributed by atoms with van der Waals surface area (Å²) in [7, 11) is 0. The van der Waals surface area contributed by atoms with E-state index in [1.165, 1.54) is 6.20 Å². The van der Waals surface area contributed by atoms with Crippen LogP contribution < -0.4 is 5.73 Å². The molecule has 100 valence electrons. The number of carbonyl (C=O) groups is 1. The number of nitriles is 1. The average molecular weight is 287 g/mol. The molecule has 6 heteroatoms. The molecule has 0 unspecified atom stereocenters. The predicted octanol–water partition coefficient (Wildman–Crippen LogP) is 2.43. The van der Waals surface area contributed by atoms with Gasteiger partial charge in [0, 0.05) is 10.9 Å². The molecule has 5 nitrogen and oxygen atoms in total. The first kappa shape index (κ1) is 12.7. The number of aromatic nitrogens is 2. The van der Waals surface area contributed by atoms with Gasteiger partial charge >= 0.3 is 0 Å². The topological polar surface area (TPSA) is 84.7 Å². The molecule has 0 aliphatic heterocycles. The van der Waals surface area contributed by atoms with Crippen molar-refractivity contribution < 1.29 is 4.79 Å². The molecule has 3 rings (SSSR count). The molecule has 2 atom stereocenters. The predicted molar refractivity (Wildman–Crippen MR) is 74.3 cm³/mol. The van der Waals surface area contributed by atoms with Crippen LogP contribution in [0.25, 0.3) is 0 Å². The first-order chi connectivity index (χ1) is 9.61. The summed E-state index contributed by atoms with van der Waals surface area (Å²) in [4.78, 5) is 12.3. The van der Waals surface area contributed by atoms with Gasteiger partial charge in [0.15, 0.2) is 0 Å². The van der Waals surface area contributed by atoms with Gasteiger partial charge in [-0.1, -0.05) is 23.7 Å². The van der Waals surface area contributed by atoms with E-state index in [0.717, 1.165) is 16.7 Å². The zero-order chi connectivity index (χ0) is 14.3. The summed E-state index contributed by atoms with van der Waals surface area (Å²) in [6, 6.07) is 9.38. The zero-order valence-electron chi connectivity index (χ0n) is 10.5. The minimum Gasteiger partial charge on any atom is -0.382 e. The highest BCUT2D eigenvalue weighted by molar-refractivity contribution is 6.30. The van der Waals surface area contributed by atoms with Crippen LogP contribution in [0.1, 0.15) is 28.3 Å². The van der Waals surface area contributed by atoms with Gasteiger partial charge in [-0.05, 0) is 30.0 Å². The average Bonchev–Trinajstić information content (AvgIpc) is 3.16. The molecule has 20 heavy (non-hydrogen) atoms. The van der Waals surface area contributed by atoms with Crippen molar-refractivity contribution in [3.05, 3.63) is 46.6 Å². The summed E-state index contributed by atoms with van der Waals surface area (Å²) in [6.07, 6.45) is 2.08. The van der Waals surface area contributed by atoms with Crippen LogP contribution in [0.2, 0.25) is 5.02 Å². The largest absolute Gasteiger partial charge is 0.382 e. The molecule has 0 bridgehead atoms. The summed E-state index contributed by atoms with van der Waals surface area (Å²) in [5, 5.41) is 13.4. The molecule has 0 amide bonds. The first-order valence-electron chi connectivity index (χ1n) is 6.15. The van der Waals surface area contributed by atoms with Crippen molar-refractivity contribution in [2.45, 2.75) is 12.3 Å². The number of hydrogen-bond acceptors (Lipinski definition) is 4. The van der Waals surface area contributed by atoms with Gasteiger partial charge in [0.25, 0.3) is 5.91 Å². The van der Waals surface area contributed by atoms with Gasteiger partial charge in [0.05, 0.1) is 6.20 Å². The normalized spacial score (nSPS) is 20.4. The standard InChI is InChI=1S/C14H11ClN4O/c15-10-3-1-8(2-4-10)11-5-12(11)14(20)19-13(17)9(6-16)7-18-19/h1-4,7,11-12H,5,17H2/t11-,12-/m0/s1. The van der Waals surface area contributed by atoms with Crippen molar-refractivity contribution in [1.29, 1.82) is 5.26 Å². The lowest BCUT2D eigenvalue weighted by Gasteiger charge is -2.03. The molecule has 0 spiro atoms. The number of nitrogens with two attached hydrogens (primary N) is 1. The number of carbonyl (C=O) groups excluding carboxylic acids is 1. The Morgan fingerprint density at radius 1 is 1.45 bits per heavy atom. The number of anilines is 1. The van der Waals surface area contributed by atoms with Crippen LogP contribution in [-0.2, 0) is 0 Å². The van der Waals surface area contributed by atoms with Crippen LogP contribution in [0.5, 0.6) is 0 Å². The van der Waals surface area contributed by atoms with Gasteiger partial charge in [-0.3, -0.25) is 4.79 Å². The van der Waals surface area contributed by atoms with Gasteiger partial charge in [-0.25, -0.2) is 0 Å². The highest BCUT2D eigenvalue weighted by Gasteiger charge is 2.45. The third-order valence-electron chi connectivity index (χ3n) is 3.54. The highest BCUT2D eigenvalue weighted by Crippen LogP contribution is 2.48. The van der Waals surface area contributed by atoms with Crippen molar-refractivity contribution in [3.63, 3.8) is 0 Å². The molecule has 0 saturated heterocycles. The van der Waals surface area contributed by atoms with E-state index in [9.17, 15) is 4.79 Å². The van der Waals surface area contributed by atoms with E-state index < -0.39 is 0 Å². The molecule has 1 fully saturated rings. The number of nitrogens with zero attached hydrogens (tertiary/aromatic N) is 3. The molecular formula is C14H11ClN4O. The van der Waals surface area contributed by atoms with Crippen LogP contribution >= 0.6 is 11.6 Å². The Bertz CT molecular complexity index is 714. The van der Waals surface area contributed by atoms with Gasteiger partial charge < -0.3 is 5.73 Å². The van der Waals surface area contributed by atoms with E-state index >= 15 is 0 Å². The fraction of sp³-hybridized carbons (Fsp3) is 0.214. The van der Waals surface area contributed by atoms with Crippen LogP contribution in [-0.4, -0.2) is 15.7 Å². The van der Waals surface area contributed by atoms with Crippen LogP contribution in [0.3, 0.4) is 0 Å². The number of nitrogen functional groups attached to an aromatic ring is 1. The fourth-order valence-electron chi connectivity index (χ4n) is 2.32. The monoisotopic (exact) mass is 286 g/mol. The molecule has 2 aromatic rings. The number of halogens is 1. The highest BCUT2D eigenvalue weighted by atomic mass is 35.5. The number of hydrogen-bond donors (Lipinski definition) is 1. The molecule has 1 aromatic carbocycles. The van der Waals surface area contributed by atoms with Crippen molar-refractivity contribution in [2.75, 3.05) is 5.73 Å². The maximum Gasteiger partial charge on any atom is 0.252 e. The third-order valence-corrected chi connectivity index (χ3v) is 3.79. The van der Waals surface area contributed by atoms with Crippen LogP contribution in [0.15, 0.2) is 30.5 Å².